The molecular formula is C21H24FN3O2. The van der Waals surface area contributed by atoms with Crippen molar-refractivity contribution in [3.63, 3.8) is 0 Å². The number of pyridine rings is 1. The van der Waals surface area contributed by atoms with E-state index in [-0.39, 0.29) is 30.3 Å². The van der Waals surface area contributed by atoms with Gasteiger partial charge in [0.1, 0.15) is 5.82 Å². The summed E-state index contributed by atoms with van der Waals surface area (Å²) in [5, 5.41) is 0. The topological polar surface area (TPSA) is 53.5 Å². The van der Waals surface area contributed by atoms with Gasteiger partial charge in [0.2, 0.25) is 5.91 Å². The van der Waals surface area contributed by atoms with Crippen molar-refractivity contribution in [2.24, 2.45) is 0 Å². The van der Waals surface area contributed by atoms with Gasteiger partial charge in [0, 0.05) is 57.3 Å². The smallest absolute Gasteiger partial charge is 0.223 e. The number of ketones is 1. The first-order valence-corrected chi connectivity index (χ1v) is 9.22. The largest absolute Gasteiger partial charge is 0.340 e. The van der Waals surface area contributed by atoms with E-state index in [1.165, 1.54) is 29.8 Å². The van der Waals surface area contributed by atoms with Gasteiger partial charge in [-0.25, -0.2) is 4.39 Å². The van der Waals surface area contributed by atoms with Crippen LogP contribution in [-0.4, -0.2) is 52.7 Å². The lowest BCUT2D eigenvalue weighted by atomic mass is 10.1. The summed E-state index contributed by atoms with van der Waals surface area (Å²) in [5.41, 5.74) is 2.69. The molecule has 1 aromatic carbocycles. The zero-order valence-electron chi connectivity index (χ0n) is 15.5. The average molecular weight is 369 g/mol. The molecule has 5 nitrogen and oxygen atoms in total. The Balaban J connectivity index is 1.44. The van der Waals surface area contributed by atoms with E-state index in [2.05, 4.69) is 22.9 Å². The molecule has 27 heavy (non-hydrogen) atoms. The molecule has 2 aromatic rings. The Bertz CT molecular complexity index is 799. The molecule has 1 amide bonds. The molecule has 1 aliphatic heterocycles. The van der Waals surface area contributed by atoms with E-state index in [0.717, 1.165) is 25.3 Å². The van der Waals surface area contributed by atoms with Gasteiger partial charge in [-0.05, 0) is 42.8 Å². The number of hydrogen-bond donors (Lipinski definition) is 0. The van der Waals surface area contributed by atoms with E-state index in [1.54, 1.807) is 6.20 Å². The predicted octanol–water partition coefficient (Wildman–Crippen LogP) is 2.84. The number of carbonyl (C=O) groups is 2. The average Bonchev–Trinajstić information content (AvgIpc) is 2.69. The summed E-state index contributed by atoms with van der Waals surface area (Å²) in [6.45, 7) is 5.77. The minimum absolute atomic E-state index is 0.000807. The Kier molecular flexibility index (Phi) is 6.29. The van der Waals surface area contributed by atoms with Gasteiger partial charge in [-0.2, -0.15) is 0 Å². The second-order valence-corrected chi connectivity index (χ2v) is 6.85. The molecule has 1 fully saturated rings. The third kappa shape index (κ3) is 5.20. The van der Waals surface area contributed by atoms with Crippen molar-refractivity contribution in [3.05, 3.63) is 65.2 Å². The number of hydrogen-bond acceptors (Lipinski definition) is 4. The van der Waals surface area contributed by atoms with E-state index >= 15 is 0 Å². The zero-order valence-corrected chi connectivity index (χ0v) is 15.5. The maximum absolute atomic E-state index is 12.9. The number of piperazine rings is 1. The fourth-order valence-electron chi connectivity index (χ4n) is 3.21. The lowest BCUT2D eigenvalue weighted by Crippen LogP contribution is -2.48. The van der Waals surface area contributed by atoms with Crippen LogP contribution in [0.25, 0.3) is 0 Å². The molecule has 1 aliphatic rings. The minimum Gasteiger partial charge on any atom is -0.340 e. The first-order chi connectivity index (χ1) is 13.0. The van der Waals surface area contributed by atoms with Crippen LogP contribution in [0.4, 0.5) is 4.39 Å². The van der Waals surface area contributed by atoms with Crippen molar-refractivity contribution in [2.75, 3.05) is 26.2 Å². The Labute approximate surface area is 158 Å². The highest BCUT2D eigenvalue weighted by molar-refractivity contribution is 5.97. The van der Waals surface area contributed by atoms with Crippen LogP contribution < -0.4 is 0 Å². The number of nitrogens with zero attached hydrogens (tertiary/aromatic N) is 3. The molecule has 3 rings (SSSR count). The number of aryl methyl sites for hydroxylation is 1. The third-order valence-corrected chi connectivity index (χ3v) is 4.95. The van der Waals surface area contributed by atoms with Crippen LogP contribution in [0.15, 0.2) is 42.6 Å². The van der Waals surface area contributed by atoms with Crippen LogP contribution in [0.3, 0.4) is 0 Å². The van der Waals surface area contributed by atoms with E-state index in [9.17, 15) is 14.0 Å². The number of carbonyl (C=O) groups excluding carboxylic acids is 2. The van der Waals surface area contributed by atoms with Gasteiger partial charge < -0.3 is 4.90 Å². The molecule has 1 saturated heterocycles. The lowest BCUT2D eigenvalue weighted by molar-refractivity contribution is -0.133. The van der Waals surface area contributed by atoms with Gasteiger partial charge in [0.05, 0.1) is 5.69 Å². The number of amides is 1. The Morgan fingerprint density at radius 3 is 2.41 bits per heavy atom. The molecule has 0 spiro atoms. The molecule has 0 saturated carbocycles. The van der Waals surface area contributed by atoms with Gasteiger partial charge in [0.25, 0.3) is 0 Å². The molecular weight excluding hydrogens is 345 g/mol. The van der Waals surface area contributed by atoms with Crippen molar-refractivity contribution in [3.8, 4) is 0 Å². The summed E-state index contributed by atoms with van der Waals surface area (Å²) in [4.78, 5) is 33.1. The molecule has 0 atom stereocenters. The molecule has 6 heteroatoms. The van der Waals surface area contributed by atoms with Crippen LogP contribution in [-0.2, 0) is 11.3 Å². The van der Waals surface area contributed by atoms with Crippen LogP contribution in [0.5, 0.6) is 0 Å². The SMILES string of the molecule is Cc1cccnc1CN1CCN(C(=O)CCC(=O)c2ccc(F)cc2)CC1. The van der Waals surface area contributed by atoms with Crippen LogP contribution in [0.1, 0.15) is 34.5 Å². The molecule has 0 N–H and O–H groups in total. The first kappa shape index (κ1) is 19.2. The van der Waals surface area contributed by atoms with Gasteiger partial charge >= 0.3 is 0 Å². The van der Waals surface area contributed by atoms with Crippen LogP contribution >= 0.6 is 0 Å². The van der Waals surface area contributed by atoms with Gasteiger partial charge in [-0.15, -0.1) is 0 Å². The Morgan fingerprint density at radius 1 is 1.04 bits per heavy atom. The van der Waals surface area contributed by atoms with Crippen molar-refractivity contribution in [2.45, 2.75) is 26.3 Å². The van der Waals surface area contributed by atoms with Gasteiger partial charge in [0.15, 0.2) is 5.78 Å². The second-order valence-electron chi connectivity index (χ2n) is 6.85. The molecule has 2 heterocycles. The van der Waals surface area contributed by atoms with Crippen molar-refractivity contribution in [1.29, 1.82) is 0 Å². The Hall–Kier alpha value is -2.60. The predicted molar refractivity (Wildman–Crippen MR) is 101 cm³/mol. The highest BCUT2D eigenvalue weighted by atomic mass is 19.1. The fraction of sp³-hybridized carbons (Fsp3) is 0.381. The quantitative estimate of drug-likeness (QED) is 0.735. The first-order valence-electron chi connectivity index (χ1n) is 9.22. The number of Topliss-reactive ketones (excluding diaryl/α,β-unsaturated/α-hetero) is 1. The second kappa shape index (κ2) is 8.86. The Morgan fingerprint density at radius 2 is 1.74 bits per heavy atom. The molecule has 142 valence electrons. The van der Waals surface area contributed by atoms with Crippen molar-refractivity contribution < 1.29 is 14.0 Å². The van der Waals surface area contributed by atoms with E-state index in [1.807, 2.05) is 11.0 Å². The van der Waals surface area contributed by atoms with Crippen molar-refractivity contribution >= 4 is 11.7 Å². The summed E-state index contributed by atoms with van der Waals surface area (Å²) in [5.74, 6) is -0.506. The van der Waals surface area contributed by atoms with Crippen LogP contribution in [0, 0.1) is 12.7 Å². The number of rotatable bonds is 6. The van der Waals surface area contributed by atoms with E-state index in [0.29, 0.717) is 18.7 Å². The highest BCUT2D eigenvalue weighted by Crippen LogP contribution is 2.12. The summed E-state index contributed by atoms with van der Waals surface area (Å²) >= 11 is 0. The van der Waals surface area contributed by atoms with Crippen LogP contribution in [0.2, 0.25) is 0 Å². The summed E-state index contributed by atoms with van der Waals surface area (Å²) in [6, 6.07) is 9.43. The molecule has 0 bridgehead atoms. The highest BCUT2D eigenvalue weighted by Gasteiger charge is 2.22. The van der Waals surface area contributed by atoms with E-state index < -0.39 is 0 Å². The lowest BCUT2D eigenvalue weighted by Gasteiger charge is -2.34. The van der Waals surface area contributed by atoms with Crippen molar-refractivity contribution in [1.82, 2.24) is 14.8 Å². The molecule has 0 radical (unpaired) electrons. The zero-order chi connectivity index (χ0) is 19.2. The van der Waals surface area contributed by atoms with Gasteiger partial charge in [-0.1, -0.05) is 6.07 Å². The molecule has 0 unspecified atom stereocenters. The summed E-state index contributed by atoms with van der Waals surface area (Å²) in [7, 11) is 0. The molecule has 0 aliphatic carbocycles. The number of aromatic nitrogens is 1. The van der Waals surface area contributed by atoms with Gasteiger partial charge in [-0.3, -0.25) is 19.5 Å². The normalized spacial score (nSPS) is 15.0. The standard InChI is InChI=1S/C21H24FN3O2/c1-16-3-2-10-23-19(16)15-24-11-13-25(14-12-24)21(27)9-8-20(26)17-4-6-18(22)7-5-17/h2-7,10H,8-9,11-15H2,1H3. The number of halogens is 1. The third-order valence-electron chi connectivity index (χ3n) is 4.95. The summed E-state index contributed by atoms with van der Waals surface area (Å²) in [6.07, 6.45) is 2.15. The minimum atomic E-state index is -0.374. The monoisotopic (exact) mass is 369 g/mol. The summed E-state index contributed by atoms with van der Waals surface area (Å²) < 4.78 is 12.9. The maximum Gasteiger partial charge on any atom is 0.223 e. The molecule has 1 aromatic heterocycles. The maximum atomic E-state index is 12.9. The fourth-order valence-corrected chi connectivity index (χ4v) is 3.21. The number of benzene rings is 1. The van der Waals surface area contributed by atoms with E-state index in [4.69, 9.17) is 0 Å².